The van der Waals surface area contributed by atoms with Crippen LogP contribution in [0.2, 0.25) is 5.02 Å². The summed E-state index contributed by atoms with van der Waals surface area (Å²) in [5.74, 6) is 2.60. The third kappa shape index (κ3) is 4.00. The molecule has 2 heterocycles. The van der Waals surface area contributed by atoms with Crippen LogP contribution in [0.4, 0.5) is 0 Å². The number of hydrogen-bond acceptors (Lipinski definition) is 7. The van der Waals surface area contributed by atoms with Crippen molar-refractivity contribution in [3.8, 4) is 11.4 Å². The molecule has 0 spiro atoms. The summed E-state index contributed by atoms with van der Waals surface area (Å²) in [5, 5.41) is 21.7. The van der Waals surface area contributed by atoms with Crippen LogP contribution in [0.5, 0.6) is 5.75 Å². The highest BCUT2D eigenvalue weighted by Gasteiger charge is 2.14. The zero-order valence-corrected chi connectivity index (χ0v) is 16.5. The Morgan fingerprint density at radius 3 is 2.57 bits per heavy atom. The highest BCUT2D eigenvalue weighted by atomic mass is 35.5. The minimum atomic E-state index is 0.273. The average Bonchev–Trinajstić information content (AvgIpc) is 3.33. The Bertz CT molecular complexity index is 1070. The van der Waals surface area contributed by atoms with Crippen LogP contribution in [0.15, 0.2) is 59.8 Å². The largest absolute Gasteiger partial charge is 0.484 e. The molecule has 0 amide bonds. The third-order valence-electron chi connectivity index (χ3n) is 3.98. The lowest BCUT2D eigenvalue weighted by atomic mass is 10.3. The highest BCUT2D eigenvalue weighted by molar-refractivity contribution is 7.98. The van der Waals surface area contributed by atoms with E-state index in [1.807, 2.05) is 60.1 Å². The molecule has 0 atom stereocenters. The monoisotopic (exact) mass is 413 g/mol. The zero-order valence-electron chi connectivity index (χ0n) is 14.9. The zero-order chi connectivity index (χ0) is 19.3. The summed E-state index contributed by atoms with van der Waals surface area (Å²) in [4.78, 5) is 0. The number of nitrogens with zero attached hydrogens (tertiary/aromatic N) is 7. The first-order chi connectivity index (χ1) is 13.7. The molecule has 2 aromatic heterocycles. The minimum Gasteiger partial charge on any atom is -0.484 e. The van der Waals surface area contributed by atoms with E-state index in [0.29, 0.717) is 22.3 Å². The van der Waals surface area contributed by atoms with Crippen LogP contribution in [0, 0.1) is 0 Å². The van der Waals surface area contributed by atoms with Gasteiger partial charge >= 0.3 is 0 Å². The second kappa shape index (κ2) is 8.41. The Labute approximate surface area is 170 Å². The molecule has 4 aromatic rings. The number of tetrazole rings is 1. The van der Waals surface area contributed by atoms with Gasteiger partial charge in [0.25, 0.3) is 0 Å². The Morgan fingerprint density at radius 1 is 0.964 bits per heavy atom. The molecule has 0 radical (unpaired) electrons. The van der Waals surface area contributed by atoms with Crippen LogP contribution >= 0.6 is 23.4 Å². The number of benzene rings is 2. The normalized spacial score (nSPS) is 10.9. The maximum absolute atomic E-state index is 6.11. The Balaban J connectivity index is 1.42. The van der Waals surface area contributed by atoms with Gasteiger partial charge in [-0.3, -0.25) is 0 Å². The fourth-order valence-corrected chi connectivity index (χ4v) is 3.52. The molecule has 0 aliphatic carbocycles. The van der Waals surface area contributed by atoms with E-state index in [9.17, 15) is 0 Å². The fourth-order valence-electron chi connectivity index (χ4n) is 2.50. The number of para-hydroxylation sites is 2. The molecule has 0 unspecified atom stereocenters. The molecule has 28 heavy (non-hydrogen) atoms. The van der Waals surface area contributed by atoms with E-state index in [1.54, 1.807) is 10.7 Å². The molecule has 142 valence electrons. The van der Waals surface area contributed by atoms with Crippen molar-refractivity contribution in [2.24, 2.45) is 7.05 Å². The molecule has 0 saturated heterocycles. The van der Waals surface area contributed by atoms with Crippen LogP contribution in [0.3, 0.4) is 0 Å². The van der Waals surface area contributed by atoms with Gasteiger partial charge in [0, 0.05) is 7.05 Å². The third-order valence-corrected chi connectivity index (χ3v) is 5.31. The van der Waals surface area contributed by atoms with E-state index >= 15 is 0 Å². The van der Waals surface area contributed by atoms with Gasteiger partial charge in [-0.05, 0) is 34.7 Å². The number of halogens is 1. The molecule has 0 bridgehead atoms. The summed E-state index contributed by atoms with van der Waals surface area (Å²) in [6, 6.07) is 17.1. The van der Waals surface area contributed by atoms with Crippen molar-refractivity contribution in [2.75, 3.05) is 0 Å². The summed E-state index contributed by atoms with van der Waals surface area (Å²) >= 11 is 7.62. The molecule has 4 rings (SSSR count). The standard InChI is InChI=1S/C18H16ClN7OS/c1-25-16(11-27-15-10-6-5-9-14(15)19)20-22-18(25)28-12-17-21-23-24-26(17)13-7-3-2-4-8-13/h2-10H,11-12H2,1H3. The molecular formula is C18H16ClN7OS. The van der Waals surface area contributed by atoms with Crippen molar-refractivity contribution in [2.45, 2.75) is 17.5 Å². The van der Waals surface area contributed by atoms with E-state index < -0.39 is 0 Å². The van der Waals surface area contributed by atoms with Gasteiger partial charge in [-0.1, -0.05) is 53.7 Å². The van der Waals surface area contributed by atoms with E-state index in [2.05, 4.69) is 25.7 Å². The van der Waals surface area contributed by atoms with E-state index in [0.717, 1.165) is 16.7 Å². The first kappa shape index (κ1) is 18.5. The molecule has 0 fully saturated rings. The van der Waals surface area contributed by atoms with E-state index in [1.165, 1.54) is 11.8 Å². The lowest BCUT2D eigenvalue weighted by Gasteiger charge is -2.08. The molecule has 8 nitrogen and oxygen atoms in total. The van der Waals surface area contributed by atoms with Crippen LogP contribution < -0.4 is 4.74 Å². The average molecular weight is 414 g/mol. The van der Waals surface area contributed by atoms with Gasteiger partial charge in [0.1, 0.15) is 12.4 Å². The Morgan fingerprint density at radius 2 is 1.75 bits per heavy atom. The quantitative estimate of drug-likeness (QED) is 0.430. The van der Waals surface area contributed by atoms with Crippen molar-refractivity contribution >= 4 is 23.4 Å². The van der Waals surface area contributed by atoms with Gasteiger partial charge in [0.2, 0.25) is 0 Å². The van der Waals surface area contributed by atoms with Crippen LogP contribution in [-0.2, 0) is 19.4 Å². The molecule has 0 saturated carbocycles. The molecule has 0 N–H and O–H groups in total. The number of aromatic nitrogens is 7. The van der Waals surface area contributed by atoms with Gasteiger partial charge in [0.05, 0.1) is 16.5 Å². The second-order valence-corrected chi connectivity index (χ2v) is 7.16. The molecule has 2 aromatic carbocycles. The molecular weight excluding hydrogens is 398 g/mol. The van der Waals surface area contributed by atoms with Gasteiger partial charge < -0.3 is 9.30 Å². The van der Waals surface area contributed by atoms with Crippen LogP contribution in [-0.4, -0.2) is 35.0 Å². The SMILES string of the molecule is Cn1c(COc2ccccc2Cl)nnc1SCc1nnnn1-c1ccccc1. The van der Waals surface area contributed by atoms with Crippen molar-refractivity contribution in [3.63, 3.8) is 0 Å². The summed E-state index contributed by atoms with van der Waals surface area (Å²) in [6.45, 7) is 0.273. The van der Waals surface area contributed by atoms with Crippen LogP contribution in [0.1, 0.15) is 11.6 Å². The Hall–Kier alpha value is -2.91. The molecule has 0 aliphatic heterocycles. The van der Waals surface area contributed by atoms with Crippen molar-refractivity contribution < 1.29 is 4.74 Å². The first-order valence-corrected chi connectivity index (χ1v) is 9.80. The maximum atomic E-state index is 6.11. The predicted molar refractivity (Wildman–Crippen MR) is 106 cm³/mol. The first-order valence-electron chi connectivity index (χ1n) is 8.43. The highest BCUT2D eigenvalue weighted by Crippen LogP contribution is 2.25. The van der Waals surface area contributed by atoms with Gasteiger partial charge in [-0.15, -0.1) is 15.3 Å². The topological polar surface area (TPSA) is 83.5 Å². The second-order valence-electron chi connectivity index (χ2n) is 5.81. The summed E-state index contributed by atoms with van der Waals surface area (Å²) in [6.07, 6.45) is 0. The Kier molecular flexibility index (Phi) is 5.54. The molecule has 0 aliphatic rings. The van der Waals surface area contributed by atoms with Crippen molar-refractivity contribution in [3.05, 3.63) is 71.3 Å². The summed E-state index contributed by atoms with van der Waals surface area (Å²) < 4.78 is 9.34. The fraction of sp³-hybridized carbons (Fsp3) is 0.167. The predicted octanol–water partition coefficient (Wildman–Crippen LogP) is 3.32. The summed E-state index contributed by atoms with van der Waals surface area (Å²) in [7, 11) is 1.90. The van der Waals surface area contributed by atoms with Crippen LogP contribution in [0.25, 0.3) is 5.69 Å². The lowest BCUT2D eigenvalue weighted by molar-refractivity contribution is 0.290. The smallest absolute Gasteiger partial charge is 0.191 e. The number of thioether (sulfide) groups is 1. The molecule has 10 heteroatoms. The number of ether oxygens (including phenoxy) is 1. The maximum Gasteiger partial charge on any atom is 0.191 e. The minimum absolute atomic E-state index is 0.273. The van der Waals surface area contributed by atoms with Crippen molar-refractivity contribution in [1.82, 2.24) is 35.0 Å². The van der Waals surface area contributed by atoms with E-state index in [-0.39, 0.29) is 6.61 Å². The van der Waals surface area contributed by atoms with Crippen molar-refractivity contribution in [1.29, 1.82) is 0 Å². The number of rotatable bonds is 7. The summed E-state index contributed by atoms with van der Waals surface area (Å²) in [5.41, 5.74) is 0.912. The van der Waals surface area contributed by atoms with Gasteiger partial charge in [-0.2, -0.15) is 4.68 Å². The number of hydrogen-bond donors (Lipinski definition) is 0. The lowest BCUT2D eigenvalue weighted by Crippen LogP contribution is -2.05. The van der Waals surface area contributed by atoms with Gasteiger partial charge in [0.15, 0.2) is 16.8 Å². The van der Waals surface area contributed by atoms with E-state index in [4.69, 9.17) is 16.3 Å². The van der Waals surface area contributed by atoms with Gasteiger partial charge in [-0.25, -0.2) is 0 Å².